The van der Waals surface area contributed by atoms with E-state index >= 15 is 0 Å². The molecule has 1 fully saturated rings. The van der Waals surface area contributed by atoms with E-state index in [0.29, 0.717) is 36.4 Å². The average molecular weight is 296 g/mol. The Kier molecular flexibility index (Phi) is 4.04. The van der Waals surface area contributed by atoms with E-state index in [1.807, 2.05) is 13.0 Å². The fourth-order valence-corrected chi connectivity index (χ4v) is 3.17. The van der Waals surface area contributed by atoms with E-state index in [9.17, 15) is 14.7 Å². The van der Waals surface area contributed by atoms with Gasteiger partial charge in [-0.05, 0) is 43.9 Å². The van der Waals surface area contributed by atoms with Crippen LogP contribution in [0.25, 0.3) is 0 Å². The molecule has 1 amide bonds. The minimum atomic E-state index is -1.09. The lowest BCUT2D eigenvalue weighted by atomic mass is 9.92. The van der Waals surface area contributed by atoms with Crippen LogP contribution in [0.15, 0.2) is 18.2 Å². The van der Waals surface area contributed by atoms with E-state index < -0.39 is 11.5 Å². The summed E-state index contributed by atoms with van der Waals surface area (Å²) in [6, 6.07) is 5.20. The maximum atomic E-state index is 12.6. The topological polar surface area (TPSA) is 57.6 Å². The molecule has 20 heavy (non-hydrogen) atoms. The van der Waals surface area contributed by atoms with Crippen LogP contribution >= 0.6 is 11.6 Å². The lowest BCUT2D eigenvalue weighted by molar-refractivity contribution is -0.148. The summed E-state index contributed by atoms with van der Waals surface area (Å²) in [6.45, 7) is 4.16. The number of hydrogen-bond acceptors (Lipinski definition) is 2. The summed E-state index contributed by atoms with van der Waals surface area (Å²) < 4.78 is 0. The molecule has 0 radical (unpaired) electrons. The van der Waals surface area contributed by atoms with Crippen LogP contribution in [0.2, 0.25) is 5.02 Å². The Labute approximate surface area is 123 Å². The lowest BCUT2D eigenvalue weighted by Crippen LogP contribution is -2.52. The van der Waals surface area contributed by atoms with Crippen molar-refractivity contribution in [2.45, 2.75) is 38.6 Å². The number of rotatable bonds is 3. The summed E-state index contributed by atoms with van der Waals surface area (Å²) in [4.78, 5) is 25.7. The predicted octanol–water partition coefficient (Wildman–Crippen LogP) is 3.12. The number of aryl methyl sites for hydroxylation is 1. The maximum Gasteiger partial charge on any atom is 0.329 e. The van der Waals surface area contributed by atoms with Crippen molar-refractivity contribution in [2.24, 2.45) is 0 Å². The molecule has 1 N–H and O–H groups in total. The SMILES string of the molecule is CCC1(C(=O)O)CCCN1C(=O)c1ccc(C)cc1Cl. The molecular formula is C15H18ClNO3. The third-order valence-corrected chi connectivity index (χ3v) is 4.38. The average Bonchev–Trinajstić information content (AvgIpc) is 2.83. The fraction of sp³-hybridized carbons (Fsp3) is 0.467. The van der Waals surface area contributed by atoms with Gasteiger partial charge in [-0.2, -0.15) is 0 Å². The Morgan fingerprint density at radius 3 is 2.70 bits per heavy atom. The molecule has 5 heteroatoms. The highest BCUT2D eigenvalue weighted by Gasteiger charge is 2.48. The second kappa shape index (κ2) is 5.44. The summed E-state index contributed by atoms with van der Waals surface area (Å²) >= 11 is 6.12. The molecule has 1 saturated heterocycles. The van der Waals surface area contributed by atoms with Crippen molar-refractivity contribution in [3.63, 3.8) is 0 Å². The Hall–Kier alpha value is -1.55. The molecule has 1 aliphatic rings. The molecule has 0 aromatic heterocycles. The van der Waals surface area contributed by atoms with E-state index in [1.54, 1.807) is 19.1 Å². The second-order valence-corrected chi connectivity index (χ2v) is 5.64. The summed E-state index contributed by atoms with van der Waals surface area (Å²) in [6.07, 6.45) is 1.60. The van der Waals surface area contributed by atoms with E-state index in [1.165, 1.54) is 4.90 Å². The molecule has 1 heterocycles. The maximum absolute atomic E-state index is 12.6. The Morgan fingerprint density at radius 1 is 1.45 bits per heavy atom. The van der Waals surface area contributed by atoms with Gasteiger partial charge in [0.2, 0.25) is 0 Å². The van der Waals surface area contributed by atoms with Crippen LogP contribution in [-0.2, 0) is 4.79 Å². The van der Waals surface area contributed by atoms with Crippen LogP contribution in [0.3, 0.4) is 0 Å². The van der Waals surface area contributed by atoms with E-state index in [-0.39, 0.29) is 5.91 Å². The van der Waals surface area contributed by atoms with Crippen molar-refractivity contribution in [1.29, 1.82) is 0 Å². The van der Waals surface area contributed by atoms with Crippen molar-refractivity contribution >= 4 is 23.5 Å². The van der Waals surface area contributed by atoms with Crippen molar-refractivity contribution in [2.75, 3.05) is 6.54 Å². The monoisotopic (exact) mass is 295 g/mol. The lowest BCUT2D eigenvalue weighted by Gasteiger charge is -2.34. The summed E-state index contributed by atoms with van der Waals surface area (Å²) in [5.74, 6) is -1.23. The van der Waals surface area contributed by atoms with Gasteiger partial charge < -0.3 is 10.0 Å². The number of halogens is 1. The number of aliphatic carboxylic acids is 1. The summed E-state index contributed by atoms with van der Waals surface area (Å²) in [7, 11) is 0. The van der Waals surface area contributed by atoms with Crippen molar-refractivity contribution in [1.82, 2.24) is 4.90 Å². The molecule has 0 aliphatic carbocycles. The molecule has 2 rings (SSSR count). The second-order valence-electron chi connectivity index (χ2n) is 5.23. The van der Waals surface area contributed by atoms with Crippen LogP contribution in [0.1, 0.15) is 42.1 Å². The van der Waals surface area contributed by atoms with Gasteiger partial charge in [0.1, 0.15) is 5.54 Å². The van der Waals surface area contributed by atoms with Crippen LogP contribution < -0.4 is 0 Å². The van der Waals surface area contributed by atoms with Gasteiger partial charge in [-0.25, -0.2) is 4.79 Å². The van der Waals surface area contributed by atoms with E-state index in [0.717, 1.165) is 5.56 Å². The van der Waals surface area contributed by atoms with Gasteiger partial charge in [0.15, 0.2) is 0 Å². The van der Waals surface area contributed by atoms with Gasteiger partial charge in [-0.3, -0.25) is 4.79 Å². The van der Waals surface area contributed by atoms with Gasteiger partial charge in [0.25, 0.3) is 5.91 Å². The first-order valence-corrected chi connectivity index (χ1v) is 7.11. The Balaban J connectivity index is 2.39. The molecule has 4 nitrogen and oxygen atoms in total. The highest BCUT2D eigenvalue weighted by atomic mass is 35.5. The molecule has 1 atom stereocenters. The van der Waals surface area contributed by atoms with Crippen LogP contribution in [0.4, 0.5) is 0 Å². The zero-order valence-corrected chi connectivity index (χ0v) is 12.4. The summed E-state index contributed by atoms with van der Waals surface area (Å²) in [5.41, 5.74) is 0.247. The first-order chi connectivity index (χ1) is 9.42. The highest BCUT2D eigenvalue weighted by molar-refractivity contribution is 6.34. The smallest absolute Gasteiger partial charge is 0.329 e. The molecule has 1 unspecified atom stereocenters. The predicted molar refractivity (Wildman–Crippen MR) is 77.1 cm³/mol. The molecule has 1 aliphatic heterocycles. The van der Waals surface area contributed by atoms with E-state index in [2.05, 4.69) is 0 Å². The number of benzene rings is 1. The summed E-state index contributed by atoms with van der Waals surface area (Å²) in [5, 5.41) is 9.89. The Bertz CT molecular complexity index is 558. The third kappa shape index (κ3) is 2.29. The number of carboxylic acids is 1. The minimum absolute atomic E-state index is 0.295. The standard InChI is InChI=1S/C15H18ClNO3/c1-3-15(14(19)20)7-4-8-17(15)13(18)11-6-5-10(2)9-12(11)16/h5-6,9H,3-4,7-8H2,1-2H3,(H,19,20). The number of carbonyl (C=O) groups is 2. The zero-order valence-electron chi connectivity index (χ0n) is 11.6. The third-order valence-electron chi connectivity index (χ3n) is 4.07. The number of hydrogen-bond donors (Lipinski definition) is 1. The number of likely N-dealkylation sites (tertiary alicyclic amines) is 1. The molecular weight excluding hydrogens is 278 g/mol. The van der Waals surface area contributed by atoms with Gasteiger partial charge in [-0.15, -0.1) is 0 Å². The molecule has 1 aromatic rings. The molecule has 108 valence electrons. The van der Waals surface area contributed by atoms with Crippen molar-refractivity contribution in [3.05, 3.63) is 34.3 Å². The normalized spacial score (nSPS) is 22.1. The molecule has 0 saturated carbocycles. The van der Waals surface area contributed by atoms with Crippen LogP contribution in [0, 0.1) is 6.92 Å². The molecule has 0 bridgehead atoms. The fourth-order valence-electron chi connectivity index (χ4n) is 2.85. The van der Waals surface area contributed by atoms with Gasteiger partial charge >= 0.3 is 5.97 Å². The molecule has 1 aromatic carbocycles. The molecule has 0 spiro atoms. The van der Waals surface area contributed by atoms with Crippen molar-refractivity contribution in [3.8, 4) is 0 Å². The highest BCUT2D eigenvalue weighted by Crippen LogP contribution is 2.35. The van der Waals surface area contributed by atoms with Crippen molar-refractivity contribution < 1.29 is 14.7 Å². The quantitative estimate of drug-likeness (QED) is 0.932. The first kappa shape index (κ1) is 14.9. The van der Waals surface area contributed by atoms with E-state index in [4.69, 9.17) is 11.6 Å². The minimum Gasteiger partial charge on any atom is -0.479 e. The number of amides is 1. The number of carbonyl (C=O) groups excluding carboxylic acids is 1. The van der Waals surface area contributed by atoms with Gasteiger partial charge in [0.05, 0.1) is 10.6 Å². The first-order valence-electron chi connectivity index (χ1n) is 6.74. The van der Waals surface area contributed by atoms with Crippen LogP contribution in [-0.4, -0.2) is 34.0 Å². The van der Waals surface area contributed by atoms with Gasteiger partial charge in [-0.1, -0.05) is 24.6 Å². The number of carboxylic acid groups (broad SMARTS) is 1. The van der Waals surface area contributed by atoms with Crippen LogP contribution in [0.5, 0.6) is 0 Å². The largest absolute Gasteiger partial charge is 0.479 e. The van der Waals surface area contributed by atoms with Gasteiger partial charge in [0, 0.05) is 6.54 Å². The number of nitrogens with zero attached hydrogens (tertiary/aromatic N) is 1. The zero-order chi connectivity index (χ0) is 14.9. The Morgan fingerprint density at radius 2 is 2.15 bits per heavy atom.